The number of halogens is 2. The molecule has 2 amide bonds. The number of hydrogen-bond acceptors (Lipinski definition) is 8. The number of aliphatic imine (C=N–C) groups is 1. The number of methoxy groups -OCH3 is 1. The van der Waals surface area contributed by atoms with Crippen LogP contribution in [0.2, 0.25) is 0 Å². The summed E-state index contributed by atoms with van der Waals surface area (Å²) in [7, 11) is 1.37. The van der Waals surface area contributed by atoms with Gasteiger partial charge in [0.05, 0.1) is 37.5 Å². The quantitative estimate of drug-likeness (QED) is 0.419. The van der Waals surface area contributed by atoms with E-state index in [4.69, 9.17) is 10.00 Å². The fraction of sp³-hybridized carbons (Fsp3) is 0.250. The van der Waals surface area contributed by atoms with Crippen LogP contribution in [0, 0.1) is 17.1 Å². The third-order valence-electron chi connectivity index (χ3n) is 5.32. The second kappa shape index (κ2) is 11.5. The zero-order valence-corrected chi connectivity index (χ0v) is 22.2. The monoisotopic (exact) mass is 585 g/mol. The molecule has 3 aromatic rings. The van der Waals surface area contributed by atoms with E-state index >= 15 is 0 Å². The van der Waals surface area contributed by atoms with E-state index in [2.05, 4.69) is 36.4 Å². The molecule has 4 rings (SSSR count). The van der Waals surface area contributed by atoms with Gasteiger partial charge < -0.3 is 10.1 Å². The number of nitrogens with zero attached hydrogens (tertiary/aromatic N) is 6. The maximum absolute atomic E-state index is 14.3. The Morgan fingerprint density at radius 2 is 2.05 bits per heavy atom. The molecule has 0 saturated carbocycles. The summed E-state index contributed by atoms with van der Waals surface area (Å²) in [5.74, 6) is -1.21. The number of aryl methyl sites for hydroxylation is 1. The molecule has 1 fully saturated rings. The van der Waals surface area contributed by atoms with Gasteiger partial charge in [-0.2, -0.15) is 15.2 Å². The molecule has 1 saturated heterocycles. The zero-order chi connectivity index (χ0) is 26.5. The molecule has 0 aliphatic carbocycles. The molecular weight excluding hydrogens is 565 g/mol. The Bertz CT molecular complexity index is 1400. The van der Waals surface area contributed by atoms with E-state index in [1.54, 1.807) is 30.3 Å². The van der Waals surface area contributed by atoms with Crippen molar-refractivity contribution in [2.24, 2.45) is 4.99 Å². The second-order valence-electron chi connectivity index (χ2n) is 7.81. The van der Waals surface area contributed by atoms with Crippen LogP contribution in [0.25, 0.3) is 0 Å². The Balaban J connectivity index is 1.57. The van der Waals surface area contributed by atoms with Crippen LogP contribution in [0.3, 0.4) is 0 Å². The predicted molar refractivity (Wildman–Crippen MR) is 140 cm³/mol. The Morgan fingerprint density at radius 1 is 1.30 bits per heavy atom. The standard InChI is InChI=1S/C24H21BrFN7O3S/c1-3-33-30-18(22(25)31-33)13-32-23(35)20(11-21(34)28-15-6-4-14(12-27)5-7-15)37-24(32)29-16-8-9-19(36-2)17(26)10-16/h4-10,20H,3,11,13H2,1-2H3,(H,28,34). The molecular formula is C24H21BrFN7O3S. The van der Waals surface area contributed by atoms with Crippen LogP contribution in [0.1, 0.15) is 24.6 Å². The number of nitrogens with one attached hydrogen (secondary N) is 1. The van der Waals surface area contributed by atoms with Crippen LogP contribution >= 0.6 is 27.7 Å². The van der Waals surface area contributed by atoms with Gasteiger partial charge in [0.15, 0.2) is 21.3 Å². The van der Waals surface area contributed by atoms with Gasteiger partial charge in [-0.1, -0.05) is 11.8 Å². The summed E-state index contributed by atoms with van der Waals surface area (Å²) in [6.45, 7) is 2.50. The molecule has 1 aliphatic heterocycles. The van der Waals surface area contributed by atoms with Crippen molar-refractivity contribution in [3.63, 3.8) is 0 Å². The van der Waals surface area contributed by atoms with Crippen LogP contribution in [0.4, 0.5) is 15.8 Å². The number of nitriles is 1. The number of aromatic nitrogens is 3. The van der Waals surface area contributed by atoms with Crippen molar-refractivity contribution in [2.75, 3.05) is 12.4 Å². The molecule has 0 radical (unpaired) electrons. The summed E-state index contributed by atoms with van der Waals surface area (Å²) in [5, 5.41) is 19.9. The Morgan fingerprint density at radius 3 is 2.68 bits per heavy atom. The molecule has 1 unspecified atom stereocenters. The highest BCUT2D eigenvalue weighted by Crippen LogP contribution is 2.34. The molecule has 1 atom stereocenters. The van der Waals surface area contributed by atoms with E-state index in [-0.39, 0.29) is 36.2 Å². The van der Waals surface area contributed by atoms with Crippen molar-refractivity contribution in [1.82, 2.24) is 19.9 Å². The van der Waals surface area contributed by atoms with Crippen molar-refractivity contribution >= 4 is 56.0 Å². The highest BCUT2D eigenvalue weighted by Gasteiger charge is 2.40. The first-order valence-corrected chi connectivity index (χ1v) is 12.8. The van der Waals surface area contributed by atoms with E-state index in [1.807, 2.05) is 13.0 Å². The molecule has 0 bridgehead atoms. The summed E-state index contributed by atoms with van der Waals surface area (Å²) in [6.07, 6.45) is -0.112. The van der Waals surface area contributed by atoms with Gasteiger partial charge >= 0.3 is 0 Å². The summed E-state index contributed by atoms with van der Waals surface area (Å²) in [5.41, 5.74) is 1.79. The predicted octanol–water partition coefficient (Wildman–Crippen LogP) is 4.24. The van der Waals surface area contributed by atoms with E-state index in [1.165, 1.54) is 28.9 Å². The summed E-state index contributed by atoms with van der Waals surface area (Å²) >= 11 is 4.49. The third kappa shape index (κ3) is 6.15. The maximum Gasteiger partial charge on any atom is 0.243 e. The molecule has 1 aliphatic rings. The van der Waals surface area contributed by atoms with Crippen LogP contribution in [0.15, 0.2) is 52.1 Å². The highest BCUT2D eigenvalue weighted by molar-refractivity contribution is 9.10. The number of ether oxygens (including phenoxy) is 1. The van der Waals surface area contributed by atoms with Gasteiger partial charge in [0.1, 0.15) is 10.9 Å². The number of benzene rings is 2. The van der Waals surface area contributed by atoms with Gasteiger partial charge in [0, 0.05) is 18.2 Å². The smallest absolute Gasteiger partial charge is 0.243 e. The normalized spacial score (nSPS) is 16.2. The molecule has 190 valence electrons. The number of carbonyl (C=O) groups is 2. The van der Waals surface area contributed by atoms with Gasteiger partial charge in [-0.05, 0) is 59.3 Å². The summed E-state index contributed by atoms with van der Waals surface area (Å²) in [6, 6.07) is 12.7. The van der Waals surface area contributed by atoms with E-state index in [0.29, 0.717) is 33.3 Å². The van der Waals surface area contributed by atoms with Gasteiger partial charge in [0.25, 0.3) is 0 Å². The molecule has 1 aromatic heterocycles. The van der Waals surface area contributed by atoms with Gasteiger partial charge in [-0.3, -0.25) is 14.5 Å². The second-order valence-corrected chi connectivity index (χ2v) is 9.73. The molecule has 1 N–H and O–H groups in total. The average molecular weight is 586 g/mol. The molecule has 0 spiro atoms. The number of amidine groups is 1. The van der Waals surface area contributed by atoms with Gasteiger partial charge in [-0.15, -0.1) is 5.10 Å². The SMILES string of the molecule is CCn1nc(Br)c(CN2C(=O)C(CC(=O)Nc3ccc(C#N)cc3)SC2=Nc2ccc(OC)c(F)c2)n1. The lowest BCUT2D eigenvalue weighted by Crippen LogP contribution is -2.33. The first-order valence-electron chi connectivity index (χ1n) is 11.1. The van der Waals surface area contributed by atoms with Crippen molar-refractivity contribution in [1.29, 1.82) is 5.26 Å². The number of hydrogen-bond donors (Lipinski definition) is 1. The summed E-state index contributed by atoms with van der Waals surface area (Å²) < 4.78 is 19.7. The maximum atomic E-state index is 14.3. The number of carbonyl (C=O) groups excluding carboxylic acids is 2. The van der Waals surface area contributed by atoms with Crippen LogP contribution in [0.5, 0.6) is 5.75 Å². The van der Waals surface area contributed by atoms with Crippen molar-refractivity contribution < 1.29 is 18.7 Å². The lowest BCUT2D eigenvalue weighted by atomic mass is 10.2. The molecule has 2 heterocycles. The minimum atomic E-state index is -0.750. The van der Waals surface area contributed by atoms with Gasteiger partial charge in [-0.25, -0.2) is 9.38 Å². The largest absolute Gasteiger partial charge is 0.494 e. The highest BCUT2D eigenvalue weighted by atomic mass is 79.9. The first kappa shape index (κ1) is 26.3. The minimum Gasteiger partial charge on any atom is -0.494 e. The van der Waals surface area contributed by atoms with Crippen molar-refractivity contribution in [3.8, 4) is 11.8 Å². The number of thioether (sulfide) groups is 1. The summed E-state index contributed by atoms with van der Waals surface area (Å²) in [4.78, 5) is 33.5. The van der Waals surface area contributed by atoms with Crippen LogP contribution in [-0.2, 0) is 22.7 Å². The van der Waals surface area contributed by atoms with Crippen LogP contribution < -0.4 is 10.1 Å². The fourth-order valence-electron chi connectivity index (χ4n) is 3.46. The van der Waals surface area contributed by atoms with Crippen molar-refractivity contribution in [3.05, 3.63) is 64.1 Å². The van der Waals surface area contributed by atoms with E-state index < -0.39 is 11.1 Å². The van der Waals surface area contributed by atoms with Crippen LogP contribution in [-0.4, -0.2) is 49.2 Å². The average Bonchev–Trinajstić information content (AvgIpc) is 3.38. The topological polar surface area (TPSA) is 126 Å². The first-order chi connectivity index (χ1) is 17.8. The van der Waals surface area contributed by atoms with E-state index in [0.717, 1.165) is 11.8 Å². The Hall–Kier alpha value is -3.76. The molecule has 2 aromatic carbocycles. The fourth-order valence-corrected chi connectivity index (χ4v) is 5.01. The van der Waals surface area contributed by atoms with Gasteiger partial charge in [0.2, 0.25) is 11.8 Å². The molecule has 10 nitrogen and oxygen atoms in total. The minimum absolute atomic E-state index is 0.0671. The number of amides is 2. The lowest BCUT2D eigenvalue weighted by molar-refractivity contribution is -0.128. The number of rotatable bonds is 8. The zero-order valence-electron chi connectivity index (χ0n) is 19.8. The van der Waals surface area contributed by atoms with Crippen molar-refractivity contribution in [2.45, 2.75) is 31.7 Å². The third-order valence-corrected chi connectivity index (χ3v) is 7.11. The molecule has 13 heteroatoms. The Kier molecular flexibility index (Phi) is 8.20. The lowest BCUT2D eigenvalue weighted by Gasteiger charge is -2.15. The number of anilines is 1. The van der Waals surface area contributed by atoms with E-state index in [9.17, 15) is 14.0 Å². The molecule has 37 heavy (non-hydrogen) atoms. The Labute approximate surface area is 224 Å².